The van der Waals surface area contributed by atoms with Gasteiger partial charge in [0.2, 0.25) is 11.9 Å². The van der Waals surface area contributed by atoms with Crippen LogP contribution in [-0.2, 0) is 4.79 Å². The number of hydrogen-bond acceptors (Lipinski definition) is 5. The van der Waals surface area contributed by atoms with E-state index in [1.807, 2.05) is 31.1 Å². The lowest BCUT2D eigenvalue weighted by Crippen LogP contribution is -2.48. The second kappa shape index (κ2) is 8.07. The van der Waals surface area contributed by atoms with E-state index in [0.717, 1.165) is 31.4 Å². The van der Waals surface area contributed by atoms with Crippen LogP contribution in [0.15, 0.2) is 30.6 Å². The van der Waals surface area contributed by atoms with E-state index in [1.165, 1.54) is 0 Å². The first kappa shape index (κ1) is 18.7. The van der Waals surface area contributed by atoms with Crippen LogP contribution in [0.2, 0.25) is 0 Å². The molecule has 3 rings (SSSR count). The minimum Gasteiger partial charge on any atom is -0.369 e. The van der Waals surface area contributed by atoms with Crippen molar-refractivity contribution in [2.75, 3.05) is 24.3 Å². The highest BCUT2D eigenvalue weighted by atomic mass is 16.2. The number of rotatable bonds is 5. The van der Waals surface area contributed by atoms with Gasteiger partial charge in [0.05, 0.1) is 11.6 Å². The average Bonchev–Trinajstić information content (AvgIpc) is 3.12. The minimum absolute atomic E-state index is 0.225. The molecular formula is C18H25N7O2. The number of aromatic nitrogens is 3. The molecule has 0 aliphatic heterocycles. The molecular weight excluding hydrogens is 346 g/mol. The summed E-state index contributed by atoms with van der Waals surface area (Å²) in [6.07, 6.45) is 5.03. The summed E-state index contributed by atoms with van der Waals surface area (Å²) in [5.74, 6) is -0.0683. The molecule has 3 amide bonds. The molecule has 0 radical (unpaired) electrons. The maximum absolute atomic E-state index is 12.4. The van der Waals surface area contributed by atoms with E-state index in [-0.39, 0.29) is 23.9 Å². The summed E-state index contributed by atoms with van der Waals surface area (Å²) in [6.45, 7) is 0. The zero-order valence-corrected chi connectivity index (χ0v) is 15.6. The van der Waals surface area contributed by atoms with E-state index in [1.54, 1.807) is 23.1 Å². The highest BCUT2D eigenvalue weighted by molar-refractivity contribution is 5.90. The molecule has 1 aliphatic carbocycles. The average molecular weight is 371 g/mol. The van der Waals surface area contributed by atoms with E-state index < -0.39 is 0 Å². The summed E-state index contributed by atoms with van der Waals surface area (Å²) in [6, 6.07) is 6.73. The van der Waals surface area contributed by atoms with Crippen LogP contribution in [0.25, 0.3) is 5.69 Å². The molecule has 1 saturated carbocycles. The van der Waals surface area contributed by atoms with Crippen LogP contribution in [0.5, 0.6) is 0 Å². The normalized spacial score (nSPS) is 19.3. The molecule has 4 N–H and O–H groups in total. The van der Waals surface area contributed by atoms with E-state index in [9.17, 15) is 9.59 Å². The predicted octanol–water partition coefficient (Wildman–Crippen LogP) is 1.50. The van der Waals surface area contributed by atoms with Crippen molar-refractivity contribution in [2.45, 2.75) is 31.7 Å². The van der Waals surface area contributed by atoms with E-state index in [2.05, 4.69) is 20.7 Å². The maximum Gasteiger partial charge on any atom is 0.319 e. The first-order valence-electron chi connectivity index (χ1n) is 9.00. The summed E-state index contributed by atoms with van der Waals surface area (Å²) in [4.78, 5) is 30.0. The fourth-order valence-electron chi connectivity index (χ4n) is 3.29. The Morgan fingerprint density at radius 2 is 2.04 bits per heavy atom. The van der Waals surface area contributed by atoms with Crippen LogP contribution in [0, 0.1) is 5.92 Å². The van der Waals surface area contributed by atoms with E-state index in [0.29, 0.717) is 11.6 Å². The van der Waals surface area contributed by atoms with Gasteiger partial charge in [-0.15, -0.1) is 5.10 Å². The molecule has 0 bridgehead atoms. The number of nitrogens with one attached hydrogen (secondary N) is 2. The summed E-state index contributed by atoms with van der Waals surface area (Å²) in [5, 5.41) is 10.1. The largest absolute Gasteiger partial charge is 0.369 e. The van der Waals surface area contributed by atoms with Gasteiger partial charge in [0.1, 0.15) is 6.33 Å². The molecule has 2 atom stereocenters. The van der Waals surface area contributed by atoms with Gasteiger partial charge in [-0.1, -0.05) is 18.9 Å². The molecule has 1 fully saturated rings. The van der Waals surface area contributed by atoms with Crippen molar-refractivity contribution in [3.05, 3.63) is 30.6 Å². The molecule has 0 spiro atoms. The molecule has 1 aromatic carbocycles. The van der Waals surface area contributed by atoms with Crippen molar-refractivity contribution in [2.24, 2.45) is 11.7 Å². The maximum atomic E-state index is 12.4. The van der Waals surface area contributed by atoms with Gasteiger partial charge in [0, 0.05) is 25.8 Å². The number of hydrogen-bond donors (Lipinski definition) is 3. The lowest BCUT2D eigenvalue weighted by molar-refractivity contribution is -0.123. The molecule has 9 nitrogen and oxygen atoms in total. The summed E-state index contributed by atoms with van der Waals surface area (Å²) in [5.41, 5.74) is 6.87. The van der Waals surface area contributed by atoms with Crippen molar-refractivity contribution in [1.82, 2.24) is 20.1 Å². The third kappa shape index (κ3) is 4.55. The molecule has 9 heteroatoms. The van der Waals surface area contributed by atoms with Crippen molar-refractivity contribution in [1.29, 1.82) is 0 Å². The molecule has 1 aromatic heterocycles. The Kier molecular flexibility index (Phi) is 5.58. The molecule has 144 valence electrons. The number of carbonyl (C=O) groups excluding carboxylic acids is 2. The van der Waals surface area contributed by atoms with Crippen molar-refractivity contribution >= 4 is 23.6 Å². The van der Waals surface area contributed by atoms with Crippen molar-refractivity contribution in [3.8, 4) is 5.69 Å². The number of benzene rings is 1. The Bertz CT molecular complexity index is 818. The molecule has 27 heavy (non-hydrogen) atoms. The Morgan fingerprint density at radius 3 is 2.74 bits per heavy atom. The predicted molar refractivity (Wildman–Crippen MR) is 103 cm³/mol. The number of anilines is 2. The Hall–Kier alpha value is -3.10. The summed E-state index contributed by atoms with van der Waals surface area (Å²) < 4.78 is 1.64. The number of primary amides is 1. The van der Waals surface area contributed by atoms with Gasteiger partial charge in [0.25, 0.3) is 0 Å². The number of urea groups is 1. The minimum atomic E-state index is -0.357. The number of nitrogens with zero attached hydrogens (tertiary/aromatic N) is 4. The highest BCUT2D eigenvalue weighted by Crippen LogP contribution is 2.24. The fraction of sp³-hybridized carbons (Fsp3) is 0.444. The molecule has 1 aliphatic rings. The van der Waals surface area contributed by atoms with Gasteiger partial charge in [-0.3, -0.25) is 4.79 Å². The second-order valence-corrected chi connectivity index (χ2v) is 6.93. The molecule has 0 unspecified atom stereocenters. The van der Waals surface area contributed by atoms with Gasteiger partial charge in [-0.25, -0.2) is 9.48 Å². The summed E-state index contributed by atoms with van der Waals surface area (Å²) >= 11 is 0. The lowest BCUT2D eigenvalue weighted by atomic mass is 9.84. The number of nitrogens with two attached hydrogens (primary N) is 1. The smallest absolute Gasteiger partial charge is 0.319 e. The molecule has 0 saturated heterocycles. The fourth-order valence-corrected chi connectivity index (χ4v) is 3.29. The van der Waals surface area contributed by atoms with Gasteiger partial charge >= 0.3 is 6.03 Å². The third-order valence-corrected chi connectivity index (χ3v) is 4.70. The van der Waals surface area contributed by atoms with Crippen molar-refractivity contribution < 1.29 is 9.59 Å². The highest BCUT2D eigenvalue weighted by Gasteiger charge is 2.30. The number of amides is 3. The lowest BCUT2D eigenvalue weighted by Gasteiger charge is -2.29. The van der Waals surface area contributed by atoms with Crippen molar-refractivity contribution in [3.63, 3.8) is 0 Å². The first-order valence-corrected chi connectivity index (χ1v) is 9.00. The first-order chi connectivity index (χ1) is 12.9. The monoisotopic (exact) mass is 371 g/mol. The van der Waals surface area contributed by atoms with Crippen LogP contribution in [0.1, 0.15) is 25.7 Å². The molecule has 2 aromatic rings. The topological polar surface area (TPSA) is 118 Å². The quantitative estimate of drug-likeness (QED) is 0.736. The van der Waals surface area contributed by atoms with Gasteiger partial charge in [-0.05, 0) is 31.0 Å². The number of carbonyl (C=O) groups is 2. The second-order valence-electron chi connectivity index (χ2n) is 6.93. The zero-order valence-electron chi connectivity index (χ0n) is 15.6. The third-order valence-electron chi connectivity index (χ3n) is 4.70. The SMILES string of the molecule is CN(C)c1ncn(-c2cccc(NC(=O)N[C@H]3CCCC[C@@H]3C(N)=O)c2)n1. The van der Waals surface area contributed by atoms with Gasteiger partial charge in [0.15, 0.2) is 0 Å². The molecule has 1 heterocycles. The van der Waals surface area contributed by atoms with E-state index in [4.69, 9.17) is 5.73 Å². The van der Waals surface area contributed by atoms with Crippen LogP contribution < -0.4 is 21.3 Å². The zero-order chi connectivity index (χ0) is 19.4. The standard InChI is InChI=1S/C18H25N7O2/c1-24(2)17-20-11-25(23-17)13-7-5-6-12(10-13)21-18(27)22-15-9-4-3-8-14(15)16(19)26/h5-7,10-11,14-15H,3-4,8-9H2,1-2H3,(H2,19,26)(H2,21,22,27)/t14-,15-/m0/s1. The van der Waals surface area contributed by atoms with Gasteiger partial charge < -0.3 is 21.3 Å². The van der Waals surface area contributed by atoms with Gasteiger partial charge in [-0.2, -0.15) is 4.98 Å². The van der Waals surface area contributed by atoms with Crippen LogP contribution in [-0.4, -0.2) is 46.8 Å². The van der Waals surface area contributed by atoms with Crippen LogP contribution in [0.3, 0.4) is 0 Å². The Balaban J connectivity index is 1.66. The van der Waals surface area contributed by atoms with Crippen LogP contribution >= 0.6 is 0 Å². The Morgan fingerprint density at radius 1 is 1.26 bits per heavy atom. The van der Waals surface area contributed by atoms with Crippen LogP contribution in [0.4, 0.5) is 16.4 Å². The Labute approximate surface area is 157 Å². The summed E-state index contributed by atoms with van der Waals surface area (Å²) in [7, 11) is 3.74. The van der Waals surface area contributed by atoms with E-state index >= 15 is 0 Å².